The molecular formula is C15H13N4O2+. The molecule has 1 N–H and O–H groups in total. The van der Waals surface area contributed by atoms with Crippen LogP contribution in [0.15, 0.2) is 54.6 Å². The fourth-order valence-electron chi connectivity index (χ4n) is 2.01. The Hall–Kier alpha value is -3.02. The largest absolute Gasteiger partial charge is 0.478 e. The van der Waals surface area contributed by atoms with Crippen LogP contribution >= 0.6 is 0 Å². The van der Waals surface area contributed by atoms with Gasteiger partial charge >= 0.3 is 11.8 Å². The maximum absolute atomic E-state index is 10.9. The molecule has 0 saturated heterocycles. The van der Waals surface area contributed by atoms with Gasteiger partial charge in [0.2, 0.25) is 0 Å². The Morgan fingerprint density at radius 1 is 1.10 bits per heavy atom. The Morgan fingerprint density at radius 3 is 2.38 bits per heavy atom. The maximum atomic E-state index is 10.9. The number of aryl methyl sites for hydroxylation is 1. The summed E-state index contributed by atoms with van der Waals surface area (Å²) in [7, 11) is 0. The molecule has 21 heavy (non-hydrogen) atoms. The maximum Gasteiger partial charge on any atom is 0.335 e. The molecule has 0 fully saturated rings. The summed E-state index contributed by atoms with van der Waals surface area (Å²) in [6.45, 7) is 1.81. The number of nitrogens with zero attached hydrogens (tertiary/aromatic N) is 4. The van der Waals surface area contributed by atoms with E-state index in [9.17, 15) is 4.79 Å². The Kier molecular flexibility index (Phi) is 3.19. The Labute approximate surface area is 120 Å². The molecule has 2 aromatic carbocycles. The van der Waals surface area contributed by atoms with Gasteiger partial charge in [-0.2, -0.15) is 0 Å². The second kappa shape index (κ2) is 5.16. The second-order valence-electron chi connectivity index (χ2n) is 4.51. The summed E-state index contributed by atoms with van der Waals surface area (Å²) >= 11 is 0. The number of aromatic carboxylic acids is 1. The average molecular weight is 281 g/mol. The zero-order chi connectivity index (χ0) is 14.8. The van der Waals surface area contributed by atoms with Crippen molar-refractivity contribution in [2.75, 3.05) is 0 Å². The number of para-hydroxylation sites is 1. The number of carbonyl (C=O) groups is 1. The number of tetrazole rings is 1. The van der Waals surface area contributed by atoms with Crippen LogP contribution in [0.3, 0.4) is 0 Å². The zero-order valence-corrected chi connectivity index (χ0v) is 11.3. The van der Waals surface area contributed by atoms with Crippen molar-refractivity contribution in [3.63, 3.8) is 0 Å². The minimum absolute atomic E-state index is 0.238. The number of carboxylic acid groups (broad SMARTS) is 1. The SMILES string of the molecule is Cc1nn(-c2ccccc2)[n+](-c2ccc(C(=O)O)cc2)n1. The molecule has 0 unspecified atom stereocenters. The molecule has 1 aromatic heterocycles. The molecule has 0 aliphatic carbocycles. The molecule has 0 radical (unpaired) electrons. The van der Waals surface area contributed by atoms with Gasteiger partial charge in [-0.3, -0.25) is 0 Å². The van der Waals surface area contributed by atoms with Gasteiger partial charge in [-0.15, -0.1) is 0 Å². The summed E-state index contributed by atoms with van der Waals surface area (Å²) < 4.78 is 0. The third kappa shape index (κ3) is 2.51. The van der Waals surface area contributed by atoms with Crippen molar-refractivity contribution in [1.82, 2.24) is 15.0 Å². The van der Waals surface area contributed by atoms with Crippen molar-refractivity contribution in [3.8, 4) is 11.4 Å². The first kappa shape index (κ1) is 13.0. The first-order valence-electron chi connectivity index (χ1n) is 6.40. The van der Waals surface area contributed by atoms with E-state index in [1.807, 2.05) is 37.3 Å². The molecule has 3 aromatic rings. The van der Waals surface area contributed by atoms with Crippen LogP contribution in [0.4, 0.5) is 0 Å². The smallest absolute Gasteiger partial charge is 0.335 e. The van der Waals surface area contributed by atoms with Gasteiger partial charge in [-0.25, -0.2) is 4.79 Å². The molecular weight excluding hydrogens is 268 g/mol. The van der Waals surface area contributed by atoms with Gasteiger partial charge in [0.25, 0.3) is 0 Å². The number of benzene rings is 2. The lowest BCUT2D eigenvalue weighted by atomic mass is 10.2. The van der Waals surface area contributed by atoms with Gasteiger partial charge in [0, 0.05) is 11.7 Å². The van der Waals surface area contributed by atoms with Gasteiger partial charge in [0.15, 0.2) is 5.69 Å². The normalized spacial score (nSPS) is 10.5. The fraction of sp³-hybridized carbons (Fsp3) is 0.0667. The predicted octanol–water partition coefficient (Wildman–Crippen LogP) is 1.55. The van der Waals surface area contributed by atoms with Gasteiger partial charge in [0.05, 0.1) is 10.7 Å². The van der Waals surface area contributed by atoms with E-state index >= 15 is 0 Å². The minimum atomic E-state index is -0.952. The van der Waals surface area contributed by atoms with Crippen LogP contribution < -0.4 is 4.80 Å². The lowest BCUT2D eigenvalue weighted by molar-refractivity contribution is -0.735. The van der Waals surface area contributed by atoms with Crippen molar-refractivity contribution < 1.29 is 14.7 Å². The third-order valence-corrected chi connectivity index (χ3v) is 2.99. The molecule has 0 saturated carbocycles. The standard InChI is InChI=1S/C15H12N4O2/c1-11-16-18(13-5-3-2-4-6-13)19(17-11)14-9-7-12(8-10-14)15(20)21/h2-10H,1H3/p+1. The van der Waals surface area contributed by atoms with E-state index in [-0.39, 0.29) is 5.56 Å². The van der Waals surface area contributed by atoms with Crippen LogP contribution in [0.5, 0.6) is 0 Å². The second-order valence-corrected chi connectivity index (χ2v) is 4.51. The lowest BCUT2D eigenvalue weighted by Crippen LogP contribution is -2.43. The number of hydrogen-bond donors (Lipinski definition) is 1. The van der Waals surface area contributed by atoms with Crippen molar-refractivity contribution in [2.45, 2.75) is 6.92 Å². The summed E-state index contributed by atoms with van der Waals surface area (Å²) in [4.78, 5) is 14.2. The van der Waals surface area contributed by atoms with Gasteiger partial charge in [0.1, 0.15) is 5.69 Å². The fourth-order valence-corrected chi connectivity index (χ4v) is 2.01. The highest BCUT2D eigenvalue weighted by molar-refractivity contribution is 5.87. The molecule has 104 valence electrons. The van der Waals surface area contributed by atoms with Gasteiger partial charge in [-0.05, 0) is 46.3 Å². The van der Waals surface area contributed by atoms with E-state index in [4.69, 9.17) is 5.11 Å². The summed E-state index contributed by atoms with van der Waals surface area (Å²) in [5.74, 6) is -0.326. The van der Waals surface area contributed by atoms with E-state index in [1.54, 1.807) is 33.9 Å². The Bertz CT molecular complexity index is 779. The van der Waals surface area contributed by atoms with Crippen LogP contribution in [-0.4, -0.2) is 26.1 Å². The topological polar surface area (TPSA) is 71.9 Å². The van der Waals surface area contributed by atoms with Crippen molar-refractivity contribution in [2.24, 2.45) is 0 Å². The summed E-state index contributed by atoms with van der Waals surface area (Å²) in [5.41, 5.74) is 1.85. The minimum Gasteiger partial charge on any atom is -0.478 e. The molecule has 0 spiro atoms. The molecule has 3 rings (SSSR count). The summed E-state index contributed by atoms with van der Waals surface area (Å²) in [6, 6.07) is 16.1. The molecule has 0 amide bonds. The zero-order valence-electron chi connectivity index (χ0n) is 11.3. The Balaban J connectivity index is 2.09. The highest BCUT2D eigenvalue weighted by atomic mass is 16.4. The van der Waals surface area contributed by atoms with E-state index in [0.29, 0.717) is 5.82 Å². The van der Waals surface area contributed by atoms with Gasteiger partial charge in [-0.1, -0.05) is 18.2 Å². The average Bonchev–Trinajstić information content (AvgIpc) is 2.90. The molecule has 6 heteroatoms. The number of hydrogen-bond acceptors (Lipinski definition) is 3. The highest BCUT2D eigenvalue weighted by Gasteiger charge is 2.19. The molecule has 0 aliphatic heterocycles. The third-order valence-electron chi connectivity index (χ3n) is 2.99. The first-order valence-corrected chi connectivity index (χ1v) is 6.40. The monoisotopic (exact) mass is 281 g/mol. The molecule has 1 heterocycles. The van der Waals surface area contributed by atoms with E-state index in [2.05, 4.69) is 10.2 Å². The van der Waals surface area contributed by atoms with Crippen LogP contribution in [0.25, 0.3) is 11.4 Å². The Morgan fingerprint density at radius 2 is 1.76 bits per heavy atom. The van der Waals surface area contributed by atoms with Crippen molar-refractivity contribution in [3.05, 3.63) is 66.0 Å². The van der Waals surface area contributed by atoms with E-state index in [0.717, 1.165) is 11.4 Å². The van der Waals surface area contributed by atoms with Gasteiger partial charge < -0.3 is 5.11 Å². The van der Waals surface area contributed by atoms with Crippen LogP contribution in [-0.2, 0) is 0 Å². The van der Waals surface area contributed by atoms with E-state index in [1.165, 1.54) is 0 Å². The summed E-state index contributed by atoms with van der Waals surface area (Å²) in [6.07, 6.45) is 0. The lowest BCUT2D eigenvalue weighted by Gasteiger charge is -2.00. The number of carboxylic acids is 1. The molecule has 0 atom stereocenters. The quantitative estimate of drug-likeness (QED) is 0.739. The predicted molar refractivity (Wildman–Crippen MR) is 74.6 cm³/mol. The van der Waals surface area contributed by atoms with E-state index < -0.39 is 5.97 Å². The van der Waals surface area contributed by atoms with Crippen molar-refractivity contribution in [1.29, 1.82) is 0 Å². The molecule has 0 bridgehead atoms. The number of aromatic nitrogens is 4. The summed E-state index contributed by atoms with van der Waals surface area (Å²) in [5, 5.41) is 17.7. The highest BCUT2D eigenvalue weighted by Crippen LogP contribution is 2.07. The van der Waals surface area contributed by atoms with Crippen LogP contribution in [0.1, 0.15) is 16.2 Å². The molecule has 0 aliphatic rings. The van der Waals surface area contributed by atoms with Crippen LogP contribution in [0, 0.1) is 6.92 Å². The first-order chi connectivity index (χ1) is 10.1. The molecule has 6 nitrogen and oxygen atoms in total. The number of rotatable bonds is 3. The van der Waals surface area contributed by atoms with Crippen LogP contribution in [0.2, 0.25) is 0 Å². The van der Waals surface area contributed by atoms with Crippen molar-refractivity contribution >= 4 is 5.97 Å².